The number of carbonyl (C=O) groups is 2. The Morgan fingerprint density at radius 2 is 2.05 bits per heavy atom. The number of fused-ring (bicyclic) bond motifs is 1. The summed E-state index contributed by atoms with van der Waals surface area (Å²) in [4.78, 5) is 26.1. The van der Waals surface area contributed by atoms with Gasteiger partial charge in [-0.05, 0) is 73.1 Å². The SMILES string of the molecule is COc1cccc(C(C)CC(=O)Nc2sc3c(c2C#N)CCC(COC(=O)NCC2CCOCC2)C3)c1. The molecule has 8 nitrogen and oxygen atoms in total. The summed E-state index contributed by atoms with van der Waals surface area (Å²) < 4.78 is 16.1. The van der Waals surface area contributed by atoms with Crippen LogP contribution in [0.25, 0.3) is 0 Å². The van der Waals surface area contributed by atoms with Gasteiger partial charge in [-0.1, -0.05) is 19.1 Å². The van der Waals surface area contributed by atoms with Crippen LogP contribution in [0.5, 0.6) is 5.75 Å². The zero-order valence-electron chi connectivity index (χ0n) is 21.5. The molecule has 2 aliphatic rings. The van der Waals surface area contributed by atoms with Crippen molar-refractivity contribution in [3.63, 3.8) is 0 Å². The molecule has 37 heavy (non-hydrogen) atoms. The van der Waals surface area contributed by atoms with Crippen molar-refractivity contribution in [1.29, 1.82) is 5.26 Å². The van der Waals surface area contributed by atoms with Crippen LogP contribution in [0.15, 0.2) is 24.3 Å². The van der Waals surface area contributed by atoms with Crippen LogP contribution in [-0.4, -0.2) is 45.5 Å². The number of ether oxygens (including phenoxy) is 3. The predicted molar refractivity (Wildman–Crippen MR) is 142 cm³/mol. The fourth-order valence-corrected chi connectivity index (χ4v) is 6.28. The highest BCUT2D eigenvalue weighted by Gasteiger charge is 2.28. The van der Waals surface area contributed by atoms with E-state index in [9.17, 15) is 14.9 Å². The van der Waals surface area contributed by atoms with Gasteiger partial charge in [-0.25, -0.2) is 4.79 Å². The first-order chi connectivity index (χ1) is 18.0. The third kappa shape index (κ3) is 7.24. The highest BCUT2D eigenvalue weighted by atomic mass is 32.1. The van der Waals surface area contributed by atoms with Crippen LogP contribution in [0.4, 0.5) is 9.80 Å². The van der Waals surface area contributed by atoms with Gasteiger partial charge in [0, 0.05) is 31.1 Å². The molecule has 2 atom stereocenters. The van der Waals surface area contributed by atoms with Gasteiger partial charge in [-0.15, -0.1) is 11.3 Å². The summed E-state index contributed by atoms with van der Waals surface area (Å²) in [7, 11) is 1.62. The number of nitrogens with one attached hydrogen (secondary N) is 2. The van der Waals surface area contributed by atoms with E-state index in [2.05, 4.69) is 16.7 Å². The van der Waals surface area contributed by atoms with E-state index < -0.39 is 0 Å². The van der Waals surface area contributed by atoms with Crippen molar-refractivity contribution in [3.05, 3.63) is 45.8 Å². The first-order valence-corrected chi connectivity index (χ1v) is 13.7. The zero-order valence-corrected chi connectivity index (χ0v) is 22.3. The van der Waals surface area contributed by atoms with E-state index in [-0.39, 0.29) is 23.8 Å². The monoisotopic (exact) mass is 525 g/mol. The minimum Gasteiger partial charge on any atom is -0.497 e. The second-order valence-corrected chi connectivity index (χ2v) is 11.0. The van der Waals surface area contributed by atoms with E-state index in [0.29, 0.717) is 36.1 Å². The Bertz CT molecular complexity index is 1140. The summed E-state index contributed by atoms with van der Waals surface area (Å²) in [6, 6.07) is 10.0. The Hall–Kier alpha value is -3.09. The second kappa shape index (κ2) is 12.9. The van der Waals surface area contributed by atoms with Crippen LogP contribution in [0.2, 0.25) is 0 Å². The standard InChI is InChI=1S/C28H35N3O5S/c1-18(21-4-3-5-22(14-21)34-2)12-26(32)31-27-24(15-29)23-7-6-20(13-25(23)37-27)17-36-28(33)30-16-19-8-10-35-11-9-19/h3-5,14,18-20H,6-13,16-17H2,1-2H3,(H,30,33)(H,31,32). The predicted octanol–water partition coefficient (Wildman–Crippen LogP) is 5.02. The lowest BCUT2D eigenvalue weighted by atomic mass is 9.88. The van der Waals surface area contributed by atoms with Crippen molar-refractivity contribution < 1.29 is 23.8 Å². The van der Waals surface area contributed by atoms with Crippen molar-refractivity contribution in [2.75, 3.05) is 38.8 Å². The van der Waals surface area contributed by atoms with Gasteiger partial charge in [-0.2, -0.15) is 5.26 Å². The molecule has 0 saturated carbocycles. The number of amides is 2. The molecule has 2 amide bonds. The van der Waals surface area contributed by atoms with Gasteiger partial charge in [0.05, 0.1) is 19.3 Å². The Morgan fingerprint density at radius 1 is 1.24 bits per heavy atom. The summed E-state index contributed by atoms with van der Waals surface area (Å²) >= 11 is 1.47. The molecule has 9 heteroatoms. The van der Waals surface area contributed by atoms with E-state index in [1.165, 1.54) is 11.3 Å². The number of hydrogen-bond donors (Lipinski definition) is 2. The lowest BCUT2D eigenvalue weighted by Crippen LogP contribution is -2.33. The third-order valence-electron chi connectivity index (χ3n) is 7.21. The topological polar surface area (TPSA) is 110 Å². The van der Waals surface area contributed by atoms with Gasteiger partial charge in [0.2, 0.25) is 5.91 Å². The molecule has 4 rings (SSSR count). The lowest BCUT2D eigenvalue weighted by Gasteiger charge is -2.23. The second-order valence-electron chi connectivity index (χ2n) is 9.89. The highest BCUT2D eigenvalue weighted by molar-refractivity contribution is 7.16. The number of alkyl carbamates (subject to hydrolysis) is 1. The third-order valence-corrected chi connectivity index (χ3v) is 8.38. The highest BCUT2D eigenvalue weighted by Crippen LogP contribution is 2.39. The largest absolute Gasteiger partial charge is 0.497 e. The van der Waals surface area contributed by atoms with E-state index >= 15 is 0 Å². The molecular weight excluding hydrogens is 490 g/mol. The number of nitriles is 1. The van der Waals surface area contributed by atoms with Crippen LogP contribution < -0.4 is 15.4 Å². The maximum Gasteiger partial charge on any atom is 0.407 e. The first kappa shape index (κ1) is 27.0. The van der Waals surface area contributed by atoms with Gasteiger partial charge in [0.25, 0.3) is 0 Å². The van der Waals surface area contributed by atoms with Crippen LogP contribution in [0.3, 0.4) is 0 Å². The lowest BCUT2D eigenvalue weighted by molar-refractivity contribution is -0.116. The maximum atomic E-state index is 12.8. The minimum atomic E-state index is -0.376. The van der Waals surface area contributed by atoms with Crippen molar-refractivity contribution in [2.24, 2.45) is 11.8 Å². The molecule has 0 bridgehead atoms. The molecule has 0 spiro atoms. The summed E-state index contributed by atoms with van der Waals surface area (Å²) in [5.74, 6) is 1.29. The fourth-order valence-electron chi connectivity index (χ4n) is 4.95. The number of methoxy groups -OCH3 is 1. The molecule has 1 aliphatic carbocycles. The van der Waals surface area contributed by atoms with E-state index in [4.69, 9.17) is 14.2 Å². The number of thiophene rings is 1. The smallest absolute Gasteiger partial charge is 0.407 e. The van der Waals surface area contributed by atoms with Crippen LogP contribution in [0, 0.1) is 23.2 Å². The van der Waals surface area contributed by atoms with Crippen molar-refractivity contribution in [2.45, 2.75) is 51.4 Å². The molecule has 2 N–H and O–H groups in total. The zero-order chi connectivity index (χ0) is 26.2. The number of anilines is 1. The van der Waals surface area contributed by atoms with Crippen LogP contribution in [0.1, 0.15) is 60.1 Å². The average molecular weight is 526 g/mol. The number of benzene rings is 1. The van der Waals surface area contributed by atoms with Crippen molar-refractivity contribution >= 4 is 28.3 Å². The molecule has 1 aliphatic heterocycles. The van der Waals surface area contributed by atoms with Crippen LogP contribution >= 0.6 is 11.3 Å². The minimum absolute atomic E-state index is 0.00865. The number of hydrogen-bond acceptors (Lipinski definition) is 7. The fraction of sp³-hybridized carbons (Fsp3) is 0.536. The summed E-state index contributed by atoms with van der Waals surface area (Å²) in [6.45, 7) is 4.47. The van der Waals surface area contributed by atoms with Gasteiger partial charge in [-0.3, -0.25) is 4.79 Å². The molecular formula is C28H35N3O5S. The molecule has 2 unspecified atom stereocenters. The summed E-state index contributed by atoms with van der Waals surface area (Å²) in [6.07, 6.45) is 4.17. The Balaban J connectivity index is 1.29. The molecule has 198 valence electrons. The molecule has 1 aromatic heterocycles. The number of rotatable bonds is 9. The van der Waals surface area contributed by atoms with E-state index in [1.54, 1.807) is 7.11 Å². The Morgan fingerprint density at radius 3 is 2.81 bits per heavy atom. The first-order valence-electron chi connectivity index (χ1n) is 12.9. The van der Waals surface area contributed by atoms with Crippen molar-refractivity contribution in [3.8, 4) is 11.8 Å². The number of nitrogens with zero attached hydrogens (tertiary/aromatic N) is 1. The van der Waals surface area contributed by atoms with Gasteiger partial charge < -0.3 is 24.8 Å². The van der Waals surface area contributed by atoms with E-state index in [0.717, 1.165) is 67.1 Å². The van der Waals surface area contributed by atoms with Gasteiger partial charge in [0.15, 0.2) is 0 Å². The quantitative estimate of drug-likeness (QED) is 0.476. The molecule has 1 aromatic carbocycles. The van der Waals surface area contributed by atoms with Gasteiger partial charge in [0.1, 0.15) is 16.8 Å². The van der Waals surface area contributed by atoms with Crippen LogP contribution in [-0.2, 0) is 27.1 Å². The Kier molecular flexibility index (Phi) is 9.42. The molecule has 2 aromatic rings. The molecule has 1 fully saturated rings. The number of carbonyl (C=O) groups excluding carboxylic acids is 2. The molecule has 0 radical (unpaired) electrons. The normalized spacial score (nSPS) is 18.2. The average Bonchev–Trinajstić information content (AvgIpc) is 3.27. The maximum absolute atomic E-state index is 12.8. The summed E-state index contributed by atoms with van der Waals surface area (Å²) in [5, 5.41) is 16.3. The molecule has 1 saturated heterocycles. The van der Waals surface area contributed by atoms with Crippen molar-refractivity contribution in [1.82, 2.24) is 5.32 Å². The van der Waals surface area contributed by atoms with Gasteiger partial charge >= 0.3 is 6.09 Å². The molecule has 2 heterocycles. The Labute approximate surface area is 222 Å². The van der Waals surface area contributed by atoms with E-state index in [1.807, 2.05) is 31.2 Å². The summed E-state index contributed by atoms with van der Waals surface area (Å²) in [5.41, 5.74) is 2.61.